The van der Waals surface area contributed by atoms with E-state index in [1.54, 1.807) is 0 Å². The summed E-state index contributed by atoms with van der Waals surface area (Å²) in [6, 6.07) is 23.0. The first-order valence-corrected chi connectivity index (χ1v) is 7.52. The van der Waals surface area contributed by atoms with E-state index in [0.717, 1.165) is 5.46 Å². The molecule has 3 aromatic rings. The molecule has 0 N–H and O–H groups in total. The Hall–Kier alpha value is -2.94. The molecule has 1 heterocycles. The molecule has 2 nitrogen and oxygen atoms in total. The molecule has 0 bridgehead atoms. The number of rotatable bonds is 2. The van der Waals surface area contributed by atoms with E-state index in [4.69, 9.17) is 9.31 Å². The minimum Gasteiger partial charge on any atom is -0.520 e. The lowest BCUT2D eigenvalue weighted by Crippen LogP contribution is -2.30. The van der Waals surface area contributed by atoms with Crippen molar-refractivity contribution in [1.82, 2.24) is 0 Å². The summed E-state index contributed by atoms with van der Waals surface area (Å²) in [5, 5.41) is 2.49. The minimum atomic E-state index is -0.448. The van der Waals surface area contributed by atoms with Gasteiger partial charge in [-0.15, -0.1) is 0 Å². The largest absolute Gasteiger partial charge is 0.632 e. The summed E-state index contributed by atoms with van der Waals surface area (Å²) in [4.78, 5) is 0. The Labute approximate surface area is 135 Å². The molecule has 0 aromatic heterocycles. The van der Waals surface area contributed by atoms with Crippen molar-refractivity contribution < 1.29 is 9.31 Å². The third-order valence-electron chi connectivity index (χ3n) is 4.09. The Kier molecular flexibility index (Phi) is 3.20. The van der Waals surface area contributed by atoms with Gasteiger partial charge in [-0.1, -0.05) is 79.9 Å². The fraction of sp³-hybridized carbons (Fsp3) is 0. The van der Waals surface area contributed by atoms with Gasteiger partial charge in [-0.3, -0.25) is 0 Å². The highest BCUT2D eigenvalue weighted by atomic mass is 16.6. The van der Waals surface area contributed by atoms with Crippen LogP contribution in [-0.2, 0) is 9.31 Å². The zero-order valence-electron chi connectivity index (χ0n) is 12.7. The van der Waals surface area contributed by atoms with Gasteiger partial charge in [0, 0.05) is 5.46 Å². The van der Waals surface area contributed by atoms with E-state index in [9.17, 15) is 0 Å². The minimum absolute atomic E-state index is 0.448. The summed E-state index contributed by atoms with van der Waals surface area (Å²) in [7, 11) is -0.448. The van der Waals surface area contributed by atoms with Crippen LogP contribution in [0.25, 0.3) is 21.9 Å². The maximum absolute atomic E-state index is 5.56. The second-order valence-corrected chi connectivity index (χ2v) is 5.56. The molecule has 0 unspecified atom stereocenters. The second-order valence-electron chi connectivity index (χ2n) is 5.56. The van der Waals surface area contributed by atoms with Crippen LogP contribution in [0.5, 0.6) is 0 Å². The molecule has 1 fully saturated rings. The molecule has 3 heteroatoms. The molecule has 3 aromatic carbocycles. The number of hydrogen-bond acceptors (Lipinski definition) is 2. The summed E-state index contributed by atoms with van der Waals surface area (Å²) in [5.41, 5.74) is 3.34. The van der Waals surface area contributed by atoms with Crippen molar-refractivity contribution in [2.24, 2.45) is 0 Å². The van der Waals surface area contributed by atoms with E-state index < -0.39 is 7.12 Å². The van der Waals surface area contributed by atoms with Gasteiger partial charge in [-0.25, -0.2) is 0 Å². The standard InChI is InChI=1S/C20H15BO2/c1-14-15(2)23-21(22-14)18-12-10-17(11-13-18)20-9-5-7-16-6-3-4-8-19(16)20/h3-13H,1-2H2. The Morgan fingerprint density at radius 1 is 0.696 bits per heavy atom. The van der Waals surface area contributed by atoms with E-state index >= 15 is 0 Å². The van der Waals surface area contributed by atoms with Crippen molar-refractivity contribution in [1.29, 1.82) is 0 Å². The van der Waals surface area contributed by atoms with E-state index in [-0.39, 0.29) is 0 Å². The lowest BCUT2D eigenvalue weighted by atomic mass is 9.79. The summed E-state index contributed by atoms with van der Waals surface area (Å²) in [6.45, 7) is 7.53. The summed E-state index contributed by atoms with van der Waals surface area (Å²) < 4.78 is 11.1. The van der Waals surface area contributed by atoms with Crippen LogP contribution in [0.4, 0.5) is 0 Å². The Morgan fingerprint density at radius 2 is 1.35 bits per heavy atom. The highest BCUT2D eigenvalue weighted by molar-refractivity contribution is 6.62. The fourth-order valence-corrected chi connectivity index (χ4v) is 2.85. The van der Waals surface area contributed by atoms with E-state index in [2.05, 4.69) is 67.8 Å². The van der Waals surface area contributed by atoms with Crippen LogP contribution in [0, 0.1) is 0 Å². The first-order chi connectivity index (χ1) is 11.2. The van der Waals surface area contributed by atoms with Gasteiger partial charge in [0.15, 0.2) is 0 Å². The van der Waals surface area contributed by atoms with Crippen molar-refractivity contribution in [3.05, 3.63) is 91.4 Å². The average Bonchev–Trinajstić information content (AvgIpc) is 2.94. The quantitative estimate of drug-likeness (QED) is 0.658. The smallest absolute Gasteiger partial charge is 0.520 e. The van der Waals surface area contributed by atoms with Crippen LogP contribution in [-0.4, -0.2) is 7.12 Å². The predicted octanol–water partition coefficient (Wildman–Crippen LogP) is 4.28. The van der Waals surface area contributed by atoms with Gasteiger partial charge in [0.1, 0.15) is 11.5 Å². The Balaban J connectivity index is 1.71. The van der Waals surface area contributed by atoms with Crippen LogP contribution in [0.1, 0.15) is 0 Å². The predicted molar refractivity (Wildman–Crippen MR) is 95.2 cm³/mol. The first kappa shape index (κ1) is 13.7. The van der Waals surface area contributed by atoms with Gasteiger partial charge in [-0.05, 0) is 21.9 Å². The average molecular weight is 298 g/mol. The van der Waals surface area contributed by atoms with Crippen molar-refractivity contribution >= 4 is 23.4 Å². The molecule has 0 radical (unpaired) electrons. The molecular formula is C20H15BO2. The molecule has 0 spiro atoms. The SMILES string of the molecule is C=C1OB(c2ccc(-c3cccc4ccccc34)cc2)OC1=C. The molecule has 0 saturated carbocycles. The van der Waals surface area contributed by atoms with Gasteiger partial charge >= 0.3 is 7.12 Å². The molecule has 1 aliphatic rings. The molecule has 0 amide bonds. The topological polar surface area (TPSA) is 18.5 Å². The highest BCUT2D eigenvalue weighted by Crippen LogP contribution is 2.28. The van der Waals surface area contributed by atoms with Crippen LogP contribution in [0.3, 0.4) is 0 Å². The van der Waals surface area contributed by atoms with Gasteiger partial charge in [0.2, 0.25) is 0 Å². The van der Waals surface area contributed by atoms with Crippen LogP contribution < -0.4 is 5.46 Å². The fourth-order valence-electron chi connectivity index (χ4n) is 2.85. The van der Waals surface area contributed by atoms with Crippen LogP contribution in [0.2, 0.25) is 0 Å². The second kappa shape index (κ2) is 5.36. The summed E-state index contributed by atoms with van der Waals surface area (Å²) >= 11 is 0. The van der Waals surface area contributed by atoms with Crippen molar-refractivity contribution in [3.63, 3.8) is 0 Å². The highest BCUT2D eigenvalue weighted by Gasteiger charge is 2.34. The molecule has 0 aliphatic carbocycles. The van der Waals surface area contributed by atoms with Gasteiger partial charge < -0.3 is 9.31 Å². The van der Waals surface area contributed by atoms with E-state index in [1.165, 1.54) is 21.9 Å². The molecule has 110 valence electrons. The van der Waals surface area contributed by atoms with Crippen molar-refractivity contribution in [3.8, 4) is 11.1 Å². The normalized spacial score (nSPS) is 14.0. The van der Waals surface area contributed by atoms with E-state index in [1.807, 2.05) is 12.1 Å². The molecule has 0 atom stereocenters. The van der Waals surface area contributed by atoms with Crippen LogP contribution in [0.15, 0.2) is 91.4 Å². The van der Waals surface area contributed by atoms with Crippen molar-refractivity contribution in [2.75, 3.05) is 0 Å². The van der Waals surface area contributed by atoms with Gasteiger partial charge in [-0.2, -0.15) is 0 Å². The maximum Gasteiger partial charge on any atom is 0.632 e. The first-order valence-electron chi connectivity index (χ1n) is 7.52. The Bertz CT molecular complexity index is 891. The van der Waals surface area contributed by atoms with Gasteiger partial charge in [0.25, 0.3) is 0 Å². The zero-order chi connectivity index (χ0) is 15.8. The molecule has 1 saturated heterocycles. The van der Waals surface area contributed by atoms with Crippen LogP contribution >= 0.6 is 0 Å². The monoisotopic (exact) mass is 298 g/mol. The summed E-state index contributed by atoms with van der Waals surface area (Å²) in [6.07, 6.45) is 0. The maximum atomic E-state index is 5.56. The Morgan fingerprint density at radius 3 is 2.09 bits per heavy atom. The lowest BCUT2D eigenvalue weighted by Gasteiger charge is -2.09. The lowest BCUT2D eigenvalue weighted by molar-refractivity contribution is 0.431. The number of benzene rings is 3. The third-order valence-corrected chi connectivity index (χ3v) is 4.09. The summed E-state index contributed by atoms with van der Waals surface area (Å²) in [5.74, 6) is 0.987. The molecule has 23 heavy (non-hydrogen) atoms. The van der Waals surface area contributed by atoms with Gasteiger partial charge in [0.05, 0.1) is 0 Å². The molecular weight excluding hydrogens is 283 g/mol. The third kappa shape index (κ3) is 2.40. The zero-order valence-corrected chi connectivity index (χ0v) is 12.7. The van der Waals surface area contributed by atoms with Crippen molar-refractivity contribution in [2.45, 2.75) is 0 Å². The number of hydrogen-bond donors (Lipinski definition) is 0. The molecule has 1 aliphatic heterocycles. The number of fused-ring (bicyclic) bond motifs is 1. The molecule has 4 rings (SSSR count). The van der Waals surface area contributed by atoms with E-state index in [0.29, 0.717) is 11.5 Å².